The number of benzene rings is 1. The molecule has 0 aromatic heterocycles. The summed E-state index contributed by atoms with van der Waals surface area (Å²) in [5, 5.41) is 11.7. The molecule has 2 atom stereocenters. The van der Waals surface area contributed by atoms with Crippen molar-refractivity contribution in [3.63, 3.8) is 0 Å². The first kappa shape index (κ1) is 21.5. The summed E-state index contributed by atoms with van der Waals surface area (Å²) >= 11 is 0. The largest absolute Gasteiger partial charge is 0.327 e. The van der Waals surface area contributed by atoms with Gasteiger partial charge in [-0.1, -0.05) is 18.7 Å². The maximum absolute atomic E-state index is 13.6. The van der Waals surface area contributed by atoms with Crippen molar-refractivity contribution in [2.24, 2.45) is 0 Å². The highest BCUT2D eigenvalue weighted by atomic mass is 31.1. The summed E-state index contributed by atoms with van der Waals surface area (Å²) in [6, 6.07) is 6.19. The molecule has 0 radical (unpaired) electrons. The lowest BCUT2D eigenvalue weighted by atomic mass is 10.0. The maximum atomic E-state index is 13.6. The Balaban J connectivity index is 1.94. The molecule has 0 aliphatic carbocycles. The monoisotopic (exact) mass is 399 g/mol. The van der Waals surface area contributed by atoms with Crippen LogP contribution in [0.4, 0.5) is 4.39 Å². The van der Waals surface area contributed by atoms with Crippen molar-refractivity contribution in [2.75, 3.05) is 7.05 Å². The number of nitriles is 1. The van der Waals surface area contributed by atoms with Crippen LogP contribution >= 0.6 is 8.73 Å². The van der Waals surface area contributed by atoms with Crippen LogP contribution in [0.25, 0.3) is 0 Å². The number of hydrogen-bond acceptors (Lipinski definition) is 3. The number of amides is 2. The van der Waals surface area contributed by atoms with Gasteiger partial charge in [-0.05, 0) is 63.9 Å². The molecule has 2 unspecified atom stereocenters. The van der Waals surface area contributed by atoms with E-state index < -0.39 is 5.82 Å². The Kier molecular flexibility index (Phi) is 7.66. The van der Waals surface area contributed by atoms with Crippen LogP contribution in [0.2, 0.25) is 0 Å². The van der Waals surface area contributed by atoms with Gasteiger partial charge < -0.3 is 9.99 Å². The number of allylic oxidation sites excluding steroid dienone is 4. The number of carbonyl (C=O) groups is 2. The molecular formula is C21H23FN3O2P. The van der Waals surface area contributed by atoms with Crippen LogP contribution in [0.5, 0.6) is 0 Å². The van der Waals surface area contributed by atoms with Gasteiger partial charge in [-0.3, -0.25) is 9.59 Å². The third-order valence-corrected chi connectivity index (χ3v) is 5.83. The van der Waals surface area contributed by atoms with Crippen LogP contribution < -0.4 is 5.32 Å². The van der Waals surface area contributed by atoms with Crippen molar-refractivity contribution in [3.05, 3.63) is 71.2 Å². The summed E-state index contributed by atoms with van der Waals surface area (Å²) < 4.78 is 15.2. The molecule has 0 spiro atoms. The Bertz CT molecular complexity index is 886. The molecular weight excluding hydrogens is 376 g/mol. The molecule has 1 saturated heterocycles. The molecule has 0 saturated carbocycles. The predicted molar refractivity (Wildman–Crippen MR) is 109 cm³/mol. The number of nitrogens with zero attached hydrogens (tertiary/aromatic N) is 2. The van der Waals surface area contributed by atoms with Gasteiger partial charge in [0, 0.05) is 19.2 Å². The summed E-state index contributed by atoms with van der Waals surface area (Å²) in [6.45, 7) is 5.71. The summed E-state index contributed by atoms with van der Waals surface area (Å²) in [5.41, 5.74) is 2.11. The normalized spacial score (nSPS) is 18.4. The first-order chi connectivity index (χ1) is 13.3. The third kappa shape index (κ3) is 6.14. The molecule has 1 heterocycles. The van der Waals surface area contributed by atoms with Gasteiger partial charge in [0.25, 0.3) is 0 Å². The predicted octanol–water partition coefficient (Wildman–Crippen LogP) is 3.59. The van der Waals surface area contributed by atoms with Gasteiger partial charge in [0.05, 0.1) is 17.3 Å². The second-order valence-corrected chi connectivity index (χ2v) is 8.15. The molecule has 1 aliphatic heterocycles. The van der Waals surface area contributed by atoms with E-state index >= 15 is 0 Å². The van der Waals surface area contributed by atoms with Gasteiger partial charge in [0.15, 0.2) is 0 Å². The lowest BCUT2D eigenvalue weighted by molar-refractivity contribution is -0.126. The van der Waals surface area contributed by atoms with E-state index in [1.807, 2.05) is 19.1 Å². The molecule has 28 heavy (non-hydrogen) atoms. The number of nitrogens with one attached hydrogen (secondary N) is 1. The van der Waals surface area contributed by atoms with E-state index in [1.54, 1.807) is 29.9 Å². The molecule has 1 aromatic rings. The maximum Gasteiger partial charge on any atom is 0.233 e. The van der Waals surface area contributed by atoms with Crippen LogP contribution in [0.15, 0.2) is 54.3 Å². The fraction of sp³-hybridized carbons (Fsp3) is 0.286. The highest BCUT2D eigenvalue weighted by Gasteiger charge is 2.28. The summed E-state index contributed by atoms with van der Waals surface area (Å²) in [5.74, 6) is -0.518. The van der Waals surface area contributed by atoms with Crippen LogP contribution in [0.3, 0.4) is 0 Å². The lowest BCUT2D eigenvalue weighted by Crippen LogP contribution is -2.37. The second kappa shape index (κ2) is 9.96. The van der Waals surface area contributed by atoms with Gasteiger partial charge in [-0.25, -0.2) is 4.39 Å². The molecule has 146 valence electrons. The van der Waals surface area contributed by atoms with Crippen LogP contribution in [0.1, 0.15) is 30.9 Å². The zero-order chi connectivity index (χ0) is 20.7. The SMILES string of the molecule is C=C(/C=C\C(=C/C)Cc1cc(F)cc(C#N)c1)NC(=O)C1CCC(=O)N(C)P1. The van der Waals surface area contributed by atoms with E-state index in [4.69, 9.17) is 5.26 Å². The average molecular weight is 399 g/mol. The standard InChI is InChI=1S/C21H23FN3O2P/c1-4-15(9-16-10-17(13-23)12-18(22)11-16)6-5-14(2)24-21(27)19-7-8-20(26)25(3)28-19/h4-6,10-12,19,28H,2,7-9H2,1,3H3,(H,24,27)/b6-5-,15-4+. The number of carbonyl (C=O) groups excluding carboxylic acids is 2. The van der Waals surface area contributed by atoms with Crippen molar-refractivity contribution in [1.29, 1.82) is 5.26 Å². The van der Waals surface area contributed by atoms with Gasteiger partial charge in [0.1, 0.15) is 5.82 Å². The Morgan fingerprint density at radius 2 is 2.21 bits per heavy atom. The van der Waals surface area contributed by atoms with E-state index in [0.29, 0.717) is 30.5 Å². The van der Waals surface area contributed by atoms with Crippen molar-refractivity contribution in [1.82, 2.24) is 9.99 Å². The van der Waals surface area contributed by atoms with E-state index in [-0.39, 0.29) is 31.8 Å². The average Bonchev–Trinajstić information content (AvgIpc) is 2.66. The van der Waals surface area contributed by atoms with Gasteiger partial charge in [-0.15, -0.1) is 0 Å². The molecule has 1 aromatic carbocycles. The molecule has 2 amide bonds. The molecule has 1 aliphatic rings. The van der Waals surface area contributed by atoms with Crippen molar-refractivity contribution < 1.29 is 14.0 Å². The van der Waals surface area contributed by atoms with E-state index in [1.165, 1.54) is 12.1 Å². The van der Waals surface area contributed by atoms with E-state index in [9.17, 15) is 14.0 Å². The van der Waals surface area contributed by atoms with E-state index in [2.05, 4.69) is 11.9 Å². The summed E-state index contributed by atoms with van der Waals surface area (Å²) in [6.07, 6.45) is 6.76. The minimum absolute atomic E-state index is 0.0655. The Morgan fingerprint density at radius 3 is 2.86 bits per heavy atom. The lowest BCUT2D eigenvalue weighted by Gasteiger charge is -2.28. The van der Waals surface area contributed by atoms with Gasteiger partial charge in [0.2, 0.25) is 11.8 Å². The highest BCUT2D eigenvalue weighted by Crippen LogP contribution is 2.32. The molecule has 1 N–H and O–H groups in total. The molecule has 5 nitrogen and oxygen atoms in total. The Labute approximate surface area is 166 Å². The molecule has 1 fully saturated rings. The Morgan fingerprint density at radius 1 is 1.46 bits per heavy atom. The molecule has 0 bridgehead atoms. The quantitative estimate of drug-likeness (QED) is 0.587. The second-order valence-electron chi connectivity index (χ2n) is 6.52. The number of halogens is 1. The van der Waals surface area contributed by atoms with Crippen molar-refractivity contribution in [2.45, 2.75) is 31.8 Å². The zero-order valence-corrected chi connectivity index (χ0v) is 17.0. The minimum atomic E-state index is -0.443. The van der Waals surface area contributed by atoms with Crippen molar-refractivity contribution in [3.8, 4) is 6.07 Å². The van der Waals surface area contributed by atoms with Crippen LogP contribution in [-0.4, -0.2) is 29.2 Å². The van der Waals surface area contributed by atoms with Crippen molar-refractivity contribution >= 4 is 20.5 Å². The molecule has 2 rings (SSSR count). The van der Waals surface area contributed by atoms with Crippen LogP contribution in [-0.2, 0) is 16.0 Å². The Hall–Kier alpha value is -2.77. The smallest absolute Gasteiger partial charge is 0.233 e. The first-order valence-electron chi connectivity index (χ1n) is 8.87. The number of hydrogen-bond donors (Lipinski definition) is 1. The third-order valence-electron chi connectivity index (χ3n) is 4.34. The fourth-order valence-electron chi connectivity index (χ4n) is 2.80. The van der Waals surface area contributed by atoms with Gasteiger partial charge in [-0.2, -0.15) is 5.26 Å². The summed E-state index contributed by atoms with van der Waals surface area (Å²) in [4.78, 5) is 23.9. The number of rotatable bonds is 6. The van der Waals surface area contributed by atoms with E-state index in [0.717, 1.165) is 5.57 Å². The highest BCUT2D eigenvalue weighted by molar-refractivity contribution is 7.38. The first-order valence-corrected chi connectivity index (χ1v) is 9.90. The fourth-order valence-corrected chi connectivity index (χ4v) is 3.99. The van der Waals surface area contributed by atoms with Crippen LogP contribution in [0, 0.1) is 17.1 Å². The minimum Gasteiger partial charge on any atom is -0.327 e. The topological polar surface area (TPSA) is 73.2 Å². The van der Waals surface area contributed by atoms with Gasteiger partial charge >= 0.3 is 0 Å². The summed E-state index contributed by atoms with van der Waals surface area (Å²) in [7, 11) is 1.84. The molecule has 7 heteroatoms. The zero-order valence-electron chi connectivity index (χ0n) is 16.0.